The van der Waals surface area contributed by atoms with Crippen LogP contribution in [-0.2, 0) is 24.2 Å². The fourth-order valence-corrected chi connectivity index (χ4v) is 5.29. The number of hydrogen-bond acceptors (Lipinski definition) is 7. The number of rotatable bonds is 10. The number of nitrogens with zero attached hydrogens (tertiary/aromatic N) is 1. The van der Waals surface area contributed by atoms with E-state index in [9.17, 15) is 27.6 Å². The van der Waals surface area contributed by atoms with Crippen LogP contribution in [0.25, 0.3) is 0 Å². The van der Waals surface area contributed by atoms with Crippen LogP contribution in [0.15, 0.2) is 0 Å². The highest BCUT2D eigenvalue weighted by Gasteiger charge is 2.41. The SMILES string of the molecule is CSCC(=O)N1C[C@@H](NC(=O)NC2CCCCC2)C[C@H]1C(=O)N[C@@H](CCS(C)(=O)=O)C(N)=O. The lowest BCUT2D eigenvalue weighted by molar-refractivity contribution is -0.137. The quantitative estimate of drug-likeness (QED) is 0.306. The highest BCUT2D eigenvalue weighted by Crippen LogP contribution is 2.21. The molecule has 2 fully saturated rings. The molecule has 5 amide bonds. The van der Waals surface area contributed by atoms with Crippen molar-refractivity contribution in [1.82, 2.24) is 20.9 Å². The maximum Gasteiger partial charge on any atom is 0.315 e. The first-order valence-corrected chi connectivity index (χ1v) is 14.6. The number of hydrogen-bond donors (Lipinski definition) is 4. The molecule has 2 rings (SSSR count). The fraction of sp³-hybridized carbons (Fsp3) is 0.800. The van der Waals surface area contributed by atoms with Crippen LogP contribution in [0.2, 0.25) is 0 Å². The molecule has 1 saturated heterocycles. The van der Waals surface area contributed by atoms with Crippen molar-refractivity contribution < 1.29 is 27.6 Å². The van der Waals surface area contributed by atoms with Crippen molar-refractivity contribution in [3.8, 4) is 0 Å². The van der Waals surface area contributed by atoms with E-state index in [4.69, 9.17) is 5.73 Å². The first kappa shape index (κ1) is 27.2. The Morgan fingerprint density at radius 2 is 1.73 bits per heavy atom. The molecule has 1 saturated carbocycles. The number of urea groups is 1. The molecule has 5 N–H and O–H groups in total. The van der Waals surface area contributed by atoms with E-state index in [2.05, 4.69) is 16.0 Å². The molecule has 0 aromatic heterocycles. The van der Waals surface area contributed by atoms with Crippen LogP contribution in [-0.4, -0.2) is 91.8 Å². The number of primary amides is 1. The average Bonchev–Trinajstić information content (AvgIpc) is 3.14. The maximum atomic E-state index is 13.0. The molecule has 11 nitrogen and oxygen atoms in total. The zero-order valence-electron chi connectivity index (χ0n) is 19.2. The number of thioether (sulfide) groups is 1. The Labute approximate surface area is 199 Å². The predicted octanol–water partition coefficient (Wildman–Crippen LogP) is -0.644. The molecular formula is C20H35N5O6S2. The maximum absolute atomic E-state index is 13.0. The fourth-order valence-electron chi connectivity index (χ4n) is 4.22. The third-order valence-electron chi connectivity index (χ3n) is 5.90. The van der Waals surface area contributed by atoms with Crippen LogP contribution < -0.4 is 21.7 Å². The second-order valence-electron chi connectivity index (χ2n) is 8.76. The Morgan fingerprint density at radius 1 is 1.09 bits per heavy atom. The van der Waals surface area contributed by atoms with Crippen LogP contribution in [0.5, 0.6) is 0 Å². The van der Waals surface area contributed by atoms with E-state index in [1.807, 2.05) is 0 Å². The number of sulfone groups is 1. The van der Waals surface area contributed by atoms with Crippen LogP contribution in [0.1, 0.15) is 44.9 Å². The van der Waals surface area contributed by atoms with Crippen molar-refractivity contribution in [2.75, 3.05) is 30.6 Å². The minimum Gasteiger partial charge on any atom is -0.368 e. The van der Waals surface area contributed by atoms with Crippen molar-refractivity contribution >= 4 is 45.4 Å². The molecule has 188 valence electrons. The smallest absolute Gasteiger partial charge is 0.315 e. The second kappa shape index (κ2) is 12.4. The van der Waals surface area contributed by atoms with Gasteiger partial charge in [0.25, 0.3) is 0 Å². The number of amides is 5. The Kier molecular flexibility index (Phi) is 10.3. The molecule has 0 aromatic rings. The van der Waals surface area contributed by atoms with Crippen molar-refractivity contribution in [1.29, 1.82) is 0 Å². The first-order chi connectivity index (χ1) is 15.5. The van der Waals surface area contributed by atoms with Crippen molar-refractivity contribution in [2.24, 2.45) is 5.73 Å². The van der Waals surface area contributed by atoms with E-state index in [0.29, 0.717) is 0 Å². The van der Waals surface area contributed by atoms with Crippen LogP contribution in [0, 0.1) is 0 Å². The largest absolute Gasteiger partial charge is 0.368 e. The van der Waals surface area contributed by atoms with Gasteiger partial charge >= 0.3 is 6.03 Å². The van der Waals surface area contributed by atoms with E-state index in [1.54, 1.807) is 6.26 Å². The zero-order chi connectivity index (χ0) is 24.6. The molecule has 13 heteroatoms. The molecule has 0 bridgehead atoms. The number of nitrogens with one attached hydrogen (secondary N) is 3. The minimum absolute atomic E-state index is 0.125. The minimum atomic E-state index is -3.35. The summed E-state index contributed by atoms with van der Waals surface area (Å²) in [5, 5.41) is 8.31. The van der Waals surface area contributed by atoms with Gasteiger partial charge in [-0.15, -0.1) is 0 Å². The Balaban J connectivity index is 2.03. The van der Waals surface area contributed by atoms with E-state index in [-0.39, 0.29) is 48.9 Å². The number of carbonyl (C=O) groups is 4. The monoisotopic (exact) mass is 505 g/mol. The van der Waals surface area contributed by atoms with Crippen LogP contribution in [0.3, 0.4) is 0 Å². The van der Waals surface area contributed by atoms with Crippen molar-refractivity contribution in [3.05, 3.63) is 0 Å². The molecule has 33 heavy (non-hydrogen) atoms. The lowest BCUT2D eigenvalue weighted by Crippen LogP contribution is -2.52. The summed E-state index contributed by atoms with van der Waals surface area (Å²) in [6, 6.07) is -2.71. The lowest BCUT2D eigenvalue weighted by Gasteiger charge is -2.25. The summed E-state index contributed by atoms with van der Waals surface area (Å²) in [5.74, 6) is -1.86. The van der Waals surface area contributed by atoms with Crippen molar-refractivity contribution in [2.45, 2.75) is 69.1 Å². The van der Waals surface area contributed by atoms with Gasteiger partial charge in [0.1, 0.15) is 21.9 Å². The Hall–Kier alpha value is -2.02. The molecule has 1 heterocycles. The summed E-state index contributed by atoms with van der Waals surface area (Å²) in [7, 11) is -3.35. The highest BCUT2D eigenvalue weighted by molar-refractivity contribution is 7.99. The third-order valence-corrected chi connectivity index (χ3v) is 7.42. The predicted molar refractivity (Wildman–Crippen MR) is 126 cm³/mol. The normalized spacial score (nSPS) is 22.4. The van der Waals surface area contributed by atoms with Gasteiger partial charge in [-0.25, -0.2) is 13.2 Å². The average molecular weight is 506 g/mol. The van der Waals surface area contributed by atoms with Gasteiger partial charge in [-0.05, 0) is 31.9 Å². The van der Waals surface area contributed by atoms with Gasteiger partial charge in [-0.1, -0.05) is 19.3 Å². The van der Waals surface area contributed by atoms with E-state index >= 15 is 0 Å². The Bertz CT molecular complexity index is 831. The summed E-state index contributed by atoms with van der Waals surface area (Å²) < 4.78 is 22.9. The molecule has 0 radical (unpaired) electrons. The van der Waals surface area contributed by atoms with Gasteiger partial charge in [0.05, 0.1) is 17.5 Å². The molecule has 0 aromatic carbocycles. The molecule has 3 atom stereocenters. The third kappa shape index (κ3) is 9.03. The topological polar surface area (TPSA) is 168 Å². The second-order valence-corrected chi connectivity index (χ2v) is 11.9. The zero-order valence-corrected chi connectivity index (χ0v) is 20.8. The first-order valence-electron chi connectivity index (χ1n) is 11.1. The lowest BCUT2D eigenvalue weighted by atomic mass is 9.96. The molecule has 0 unspecified atom stereocenters. The molecule has 2 aliphatic rings. The molecule has 1 aliphatic carbocycles. The Morgan fingerprint density at radius 3 is 2.30 bits per heavy atom. The van der Waals surface area contributed by atoms with E-state index in [1.165, 1.54) is 23.1 Å². The van der Waals surface area contributed by atoms with Gasteiger partial charge in [-0.2, -0.15) is 11.8 Å². The van der Waals surface area contributed by atoms with Gasteiger partial charge in [0.15, 0.2) is 0 Å². The van der Waals surface area contributed by atoms with Gasteiger partial charge in [0, 0.05) is 18.8 Å². The standard InChI is InChI=1S/C20H35N5O6S2/c1-32-12-17(26)25-11-14(23-20(29)22-13-6-4-3-5-7-13)10-16(25)19(28)24-15(18(21)27)8-9-33(2,30)31/h13-16H,3-12H2,1-2H3,(H2,21,27)(H,24,28)(H2,22,23,29)/t14-,15-,16-/m0/s1. The highest BCUT2D eigenvalue weighted by atomic mass is 32.2. The molecule has 1 aliphatic heterocycles. The van der Waals surface area contributed by atoms with Crippen LogP contribution in [0.4, 0.5) is 4.79 Å². The van der Waals surface area contributed by atoms with Gasteiger partial charge < -0.3 is 26.6 Å². The van der Waals surface area contributed by atoms with E-state index in [0.717, 1.165) is 31.9 Å². The van der Waals surface area contributed by atoms with E-state index < -0.39 is 39.8 Å². The molecular weight excluding hydrogens is 470 g/mol. The summed E-state index contributed by atoms with van der Waals surface area (Å²) in [5.41, 5.74) is 5.34. The van der Waals surface area contributed by atoms with Gasteiger partial charge in [0.2, 0.25) is 17.7 Å². The summed E-state index contributed by atoms with van der Waals surface area (Å²) >= 11 is 1.31. The summed E-state index contributed by atoms with van der Waals surface area (Å²) in [6.07, 6.45) is 8.02. The van der Waals surface area contributed by atoms with Crippen molar-refractivity contribution in [3.63, 3.8) is 0 Å². The molecule has 0 spiro atoms. The number of nitrogens with two attached hydrogens (primary N) is 1. The van der Waals surface area contributed by atoms with Crippen LogP contribution >= 0.6 is 11.8 Å². The summed E-state index contributed by atoms with van der Waals surface area (Å²) in [6.45, 7) is 0.167. The van der Waals surface area contributed by atoms with Gasteiger partial charge in [-0.3, -0.25) is 14.4 Å². The summed E-state index contributed by atoms with van der Waals surface area (Å²) in [4.78, 5) is 51.2. The number of carbonyl (C=O) groups excluding carboxylic acids is 4. The number of likely N-dealkylation sites (tertiary alicyclic amines) is 1.